The average molecular weight is 224 g/mol. The Morgan fingerprint density at radius 2 is 1.62 bits per heavy atom. The maximum absolute atomic E-state index is 12.1. The van der Waals surface area contributed by atoms with Crippen molar-refractivity contribution in [1.29, 1.82) is 0 Å². The van der Waals surface area contributed by atoms with E-state index in [2.05, 4.69) is 0 Å². The molecule has 2 rings (SSSR count). The monoisotopic (exact) mass is 224 g/mol. The van der Waals surface area contributed by atoms with Gasteiger partial charge in [-0.05, 0) is 26.7 Å². The third-order valence-electron chi connectivity index (χ3n) is 3.50. The molecule has 2 unspecified atom stereocenters. The highest BCUT2D eigenvalue weighted by molar-refractivity contribution is 6.05. The predicted molar refractivity (Wildman–Crippen MR) is 60.4 cm³/mol. The second-order valence-corrected chi connectivity index (χ2v) is 5.75. The Morgan fingerprint density at radius 3 is 2.00 bits per heavy atom. The summed E-state index contributed by atoms with van der Waals surface area (Å²) < 4.78 is 0. The van der Waals surface area contributed by atoms with Crippen molar-refractivity contribution in [2.45, 2.75) is 45.1 Å². The summed E-state index contributed by atoms with van der Waals surface area (Å²) in [7, 11) is 0. The predicted octanol–water partition coefficient (Wildman–Crippen LogP) is 0.899. The van der Waals surface area contributed by atoms with E-state index in [1.54, 1.807) is 0 Å². The maximum atomic E-state index is 12.1. The molecule has 1 saturated carbocycles. The molecule has 1 heterocycles. The van der Waals surface area contributed by atoms with E-state index in [1.807, 2.05) is 13.8 Å². The van der Waals surface area contributed by atoms with Gasteiger partial charge in [-0.2, -0.15) is 0 Å². The third kappa shape index (κ3) is 1.98. The van der Waals surface area contributed by atoms with Crippen molar-refractivity contribution < 1.29 is 9.59 Å². The van der Waals surface area contributed by atoms with Crippen LogP contribution in [-0.4, -0.2) is 28.8 Å². The molecule has 2 atom stereocenters. The fourth-order valence-corrected chi connectivity index (χ4v) is 2.79. The molecule has 4 nitrogen and oxygen atoms in total. The largest absolute Gasteiger partial charge is 0.324 e. The average Bonchev–Trinajstić information content (AvgIpc) is 2.43. The van der Waals surface area contributed by atoms with Gasteiger partial charge in [0.05, 0.1) is 11.8 Å². The van der Waals surface area contributed by atoms with Crippen LogP contribution in [-0.2, 0) is 9.59 Å². The van der Waals surface area contributed by atoms with Gasteiger partial charge in [-0.25, -0.2) is 0 Å². The van der Waals surface area contributed by atoms with Crippen LogP contribution in [0.2, 0.25) is 0 Å². The number of hydrogen-bond acceptors (Lipinski definition) is 3. The summed E-state index contributed by atoms with van der Waals surface area (Å²) in [5.74, 6) is -0.0892. The van der Waals surface area contributed by atoms with Gasteiger partial charge in [-0.1, -0.05) is 12.8 Å². The Bertz CT molecular complexity index is 295. The van der Waals surface area contributed by atoms with Crippen LogP contribution in [0.25, 0.3) is 0 Å². The number of imide groups is 1. The van der Waals surface area contributed by atoms with Gasteiger partial charge >= 0.3 is 0 Å². The summed E-state index contributed by atoms with van der Waals surface area (Å²) in [4.78, 5) is 25.5. The van der Waals surface area contributed by atoms with Crippen molar-refractivity contribution in [3.63, 3.8) is 0 Å². The van der Waals surface area contributed by atoms with Gasteiger partial charge in [0.25, 0.3) is 0 Å². The second-order valence-electron chi connectivity index (χ2n) is 5.75. The molecule has 1 saturated heterocycles. The summed E-state index contributed by atoms with van der Waals surface area (Å²) >= 11 is 0. The van der Waals surface area contributed by atoms with E-state index >= 15 is 0 Å². The third-order valence-corrected chi connectivity index (χ3v) is 3.50. The summed E-state index contributed by atoms with van der Waals surface area (Å²) in [6.45, 7) is 4.03. The molecule has 16 heavy (non-hydrogen) atoms. The zero-order valence-corrected chi connectivity index (χ0v) is 10.0. The van der Waals surface area contributed by atoms with Crippen LogP contribution in [0, 0.1) is 11.8 Å². The number of rotatable bonds is 2. The Labute approximate surface area is 96.2 Å². The lowest BCUT2D eigenvalue weighted by atomic mass is 9.81. The molecule has 2 N–H and O–H groups in total. The van der Waals surface area contributed by atoms with Crippen LogP contribution >= 0.6 is 0 Å². The highest BCUT2D eigenvalue weighted by atomic mass is 16.2. The molecule has 1 aliphatic carbocycles. The zero-order chi connectivity index (χ0) is 11.9. The van der Waals surface area contributed by atoms with Crippen LogP contribution in [0.3, 0.4) is 0 Å². The normalized spacial score (nSPS) is 30.8. The van der Waals surface area contributed by atoms with Gasteiger partial charge < -0.3 is 5.73 Å². The molecule has 2 fully saturated rings. The van der Waals surface area contributed by atoms with Gasteiger partial charge in [-0.3, -0.25) is 14.5 Å². The van der Waals surface area contributed by atoms with E-state index in [9.17, 15) is 9.59 Å². The SMILES string of the molecule is CC(C)(N)CN1C(=O)C2CCCCC2C1=O. The van der Waals surface area contributed by atoms with E-state index in [0.717, 1.165) is 25.7 Å². The van der Waals surface area contributed by atoms with E-state index in [1.165, 1.54) is 4.90 Å². The molecule has 1 aliphatic heterocycles. The van der Waals surface area contributed by atoms with Crippen molar-refractivity contribution in [3.05, 3.63) is 0 Å². The Kier molecular flexibility index (Phi) is 2.78. The smallest absolute Gasteiger partial charge is 0.233 e. The van der Waals surface area contributed by atoms with Crippen LogP contribution in [0.1, 0.15) is 39.5 Å². The fourth-order valence-electron chi connectivity index (χ4n) is 2.79. The second kappa shape index (κ2) is 3.84. The molecule has 0 aromatic rings. The van der Waals surface area contributed by atoms with Crippen molar-refractivity contribution in [2.75, 3.05) is 6.54 Å². The number of carbonyl (C=O) groups is 2. The van der Waals surface area contributed by atoms with Gasteiger partial charge in [0.2, 0.25) is 11.8 Å². The molecule has 0 aromatic heterocycles. The van der Waals surface area contributed by atoms with Crippen molar-refractivity contribution in [1.82, 2.24) is 4.90 Å². The van der Waals surface area contributed by atoms with Gasteiger partial charge in [-0.15, -0.1) is 0 Å². The van der Waals surface area contributed by atoms with Gasteiger partial charge in [0.1, 0.15) is 0 Å². The standard InChI is InChI=1S/C12H20N2O2/c1-12(2,13)7-14-10(15)8-5-3-4-6-9(8)11(14)16/h8-9H,3-7,13H2,1-2H3. The lowest BCUT2D eigenvalue weighted by Crippen LogP contribution is -2.47. The summed E-state index contributed by atoms with van der Waals surface area (Å²) in [6, 6.07) is 0. The molecule has 0 bridgehead atoms. The Hall–Kier alpha value is -0.900. The molecular weight excluding hydrogens is 204 g/mol. The quantitative estimate of drug-likeness (QED) is 0.709. The number of hydrogen-bond donors (Lipinski definition) is 1. The van der Waals surface area contributed by atoms with Crippen LogP contribution in [0.15, 0.2) is 0 Å². The molecule has 4 heteroatoms. The number of likely N-dealkylation sites (tertiary alicyclic amines) is 1. The topological polar surface area (TPSA) is 63.4 Å². The zero-order valence-electron chi connectivity index (χ0n) is 10.0. The van der Waals surface area contributed by atoms with E-state index < -0.39 is 5.54 Å². The van der Waals surface area contributed by atoms with E-state index in [4.69, 9.17) is 5.73 Å². The number of carbonyl (C=O) groups excluding carboxylic acids is 2. The Morgan fingerprint density at radius 1 is 1.19 bits per heavy atom. The highest BCUT2D eigenvalue weighted by Gasteiger charge is 2.48. The van der Waals surface area contributed by atoms with Crippen LogP contribution < -0.4 is 5.73 Å². The van der Waals surface area contributed by atoms with Crippen molar-refractivity contribution >= 4 is 11.8 Å². The first-order valence-corrected chi connectivity index (χ1v) is 6.04. The van der Waals surface area contributed by atoms with Gasteiger partial charge in [0.15, 0.2) is 0 Å². The summed E-state index contributed by atoms with van der Waals surface area (Å²) in [5, 5.41) is 0. The molecule has 0 radical (unpaired) electrons. The lowest BCUT2D eigenvalue weighted by Gasteiger charge is -2.25. The number of amides is 2. The first-order valence-electron chi connectivity index (χ1n) is 6.04. The molecule has 2 aliphatic rings. The number of nitrogens with zero attached hydrogens (tertiary/aromatic N) is 1. The van der Waals surface area contributed by atoms with E-state index in [0.29, 0.717) is 6.54 Å². The van der Waals surface area contributed by atoms with Crippen molar-refractivity contribution in [3.8, 4) is 0 Å². The molecular formula is C12H20N2O2. The van der Waals surface area contributed by atoms with E-state index in [-0.39, 0.29) is 23.7 Å². The summed E-state index contributed by atoms with van der Waals surface area (Å²) in [5.41, 5.74) is 5.38. The summed E-state index contributed by atoms with van der Waals surface area (Å²) in [6.07, 6.45) is 3.88. The van der Waals surface area contributed by atoms with Crippen LogP contribution in [0.5, 0.6) is 0 Å². The Balaban J connectivity index is 2.15. The maximum Gasteiger partial charge on any atom is 0.233 e. The minimum Gasteiger partial charge on any atom is -0.324 e. The van der Waals surface area contributed by atoms with Crippen molar-refractivity contribution in [2.24, 2.45) is 17.6 Å². The molecule has 90 valence electrons. The minimum absolute atomic E-state index is 0.00762. The molecule has 2 amide bonds. The number of nitrogens with two attached hydrogens (primary N) is 1. The minimum atomic E-state index is -0.501. The molecule has 0 aromatic carbocycles. The van der Waals surface area contributed by atoms with Gasteiger partial charge in [0, 0.05) is 12.1 Å². The fraction of sp³-hybridized carbons (Fsp3) is 0.833. The first-order chi connectivity index (χ1) is 7.40. The first kappa shape index (κ1) is 11.6. The lowest BCUT2D eigenvalue weighted by molar-refractivity contribution is -0.140. The van der Waals surface area contributed by atoms with Crippen LogP contribution in [0.4, 0.5) is 0 Å². The highest BCUT2D eigenvalue weighted by Crippen LogP contribution is 2.38. The molecule has 0 spiro atoms. The number of fused-ring (bicyclic) bond motifs is 1.